The van der Waals surface area contributed by atoms with Crippen LogP contribution in [0.15, 0.2) is 51.8 Å². The summed E-state index contributed by atoms with van der Waals surface area (Å²) in [5.74, 6) is 1.49. The molecule has 34 heavy (non-hydrogen) atoms. The summed E-state index contributed by atoms with van der Waals surface area (Å²) in [6.45, 7) is 2.18. The predicted octanol–water partition coefficient (Wildman–Crippen LogP) is 6.25. The Bertz CT molecular complexity index is 1100. The number of methoxy groups -OCH3 is 1. The molecule has 0 bridgehead atoms. The summed E-state index contributed by atoms with van der Waals surface area (Å²) < 4.78 is 11.6. The molecule has 3 atom stereocenters. The minimum absolute atomic E-state index is 0.0528. The highest BCUT2D eigenvalue weighted by Gasteiger charge is 2.42. The average molecular weight is 542 g/mol. The molecule has 1 N–H and O–H groups in total. The van der Waals surface area contributed by atoms with Crippen molar-refractivity contribution in [2.24, 2.45) is 5.92 Å². The number of carbonyl (C=O) groups is 1. The molecule has 0 radical (unpaired) electrons. The number of thioether (sulfide) groups is 1. The Morgan fingerprint density at radius 1 is 1.26 bits per heavy atom. The maximum atomic E-state index is 13.7. The lowest BCUT2D eigenvalue weighted by Crippen LogP contribution is -2.48. The standard InChI is InChI=1S/C26H28BrN3O3S/c1-17-8-6-7-11-21(17)30-25(31)23(34-26(30)29-19-9-4-3-5-10-19)16-18-14-20(27)24(33-13-12-28)22(15-18)32-2/h3-5,9-10,14-17,21,26,29H,6-8,11,13H2,1-2H3/b23-16-/t17-,21-,26?/m1/s1. The topological polar surface area (TPSA) is 74.6 Å². The van der Waals surface area contributed by atoms with Gasteiger partial charge in [0.15, 0.2) is 23.6 Å². The van der Waals surface area contributed by atoms with Gasteiger partial charge >= 0.3 is 0 Å². The fraction of sp³-hybridized carbons (Fsp3) is 0.385. The molecular weight excluding hydrogens is 514 g/mol. The molecule has 4 rings (SSSR count). The number of nitrogens with zero attached hydrogens (tertiary/aromatic N) is 2. The number of nitrogens with one attached hydrogen (secondary N) is 1. The Labute approximate surface area is 213 Å². The van der Waals surface area contributed by atoms with E-state index >= 15 is 0 Å². The highest BCUT2D eigenvalue weighted by molar-refractivity contribution is 9.10. The second kappa shape index (κ2) is 11.2. The summed E-state index contributed by atoms with van der Waals surface area (Å²) in [6.07, 6.45) is 6.44. The second-order valence-corrected chi connectivity index (χ2v) is 10.5. The third kappa shape index (κ3) is 5.37. The SMILES string of the molecule is COc1cc(/C=C2\SC(Nc3ccccc3)N([C@@H]3CCCC[C@H]3C)C2=O)cc(Br)c1OCC#N. The number of para-hydroxylation sites is 1. The maximum absolute atomic E-state index is 13.7. The molecule has 1 aliphatic carbocycles. The van der Waals surface area contributed by atoms with E-state index in [1.165, 1.54) is 6.42 Å². The molecule has 2 aromatic carbocycles. The molecule has 178 valence electrons. The predicted molar refractivity (Wildman–Crippen MR) is 139 cm³/mol. The van der Waals surface area contributed by atoms with Crippen LogP contribution < -0.4 is 14.8 Å². The molecule has 8 heteroatoms. The number of hydrogen-bond acceptors (Lipinski definition) is 6. The van der Waals surface area contributed by atoms with Gasteiger partial charge in [-0.3, -0.25) is 4.79 Å². The summed E-state index contributed by atoms with van der Waals surface area (Å²) in [5, 5.41) is 12.4. The Hall–Kier alpha value is -2.63. The fourth-order valence-corrected chi connectivity index (χ4v) is 6.37. The average Bonchev–Trinajstić information content (AvgIpc) is 3.13. The van der Waals surface area contributed by atoms with Crippen molar-refractivity contribution in [3.63, 3.8) is 0 Å². The molecule has 1 heterocycles. The van der Waals surface area contributed by atoms with E-state index in [1.54, 1.807) is 18.9 Å². The van der Waals surface area contributed by atoms with Crippen LogP contribution in [0.1, 0.15) is 38.2 Å². The molecule has 2 aromatic rings. The van der Waals surface area contributed by atoms with Crippen LogP contribution in [0.3, 0.4) is 0 Å². The quantitative estimate of drug-likeness (QED) is 0.417. The van der Waals surface area contributed by atoms with E-state index in [4.69, 9.17) is 14.7 Å². The lowest BCUT2D eigenvalue weighted by atomic mass is 9.85. The number of amides is 1. The zero-order chi connectivity index (χ0) is 24.1. The number of rotatable bonds is 7. The highest BCUT2D eigenvalue weighted by atomic mass is 79.9. The Balaban J connectivity index is 1.66. The molecular formula is C26H28BrN3O3S. The van der Waals surface area contributed by atoms with Crippen LogP contribution in [-0.4, -0.2) is 36.1 Å². The van der Waals surface area contributed by atoms with E-state index in [-0.39, 0.29) is 24.1 Å². The zero-order valence-electron chi connectivity index (χ0n) is 19.3. The van der Waals surface area contributed by atoms with Gasteiger partial charge in [0.25, 0.3) is 5.91 Å². The van der Waals surface area contributed by atoms with Gasteiger partial charge in [-0.2, -0.15) is 5.26 Å². The van der Waals surface area contributed by atoms with Crippen LogP contribution in [0.25, 0.3) is 6.08 Å². The van der Waals surface area contributed by atoms with Gasteiger partial charge in [-0.05, 0) is 70.6 Å². The van der Waals surface area contributed by atoms with E-state index < -0.39 is 0 Å². The van der Waals surface area contributed by atoms with Gasteiger partial charge in [0.05, 0.1) is 16.5 Å². The summed E-state index contributed by atoms with van der Waals surface area (Å²) in [5.41, 5.74) is 1.64. The Morgan fingerprint density at radius 2 is 2.03 bits per heavy atom. The van der Waals surface area contributed by atoms with E-state index in [0.717, 1.165) is 30.5 Å². The van der Waals surface area contributed by atoms with E-state index in [9.17, 15) is 4.79 Å². The van der Waals surface area contributed by atoms with E-state index in [0.29, 0.717) is 26.8 Å². The van der Waals surface area contributed by atoms with Gasteiger partial charge < -0.3 is 19.7 Å². The van der Waals surface area contributed by atoms with Crippen LogP contribution in [-0.2, 0) is 4.79 Å². The van der Waals surface area contributed by atoms with Gasteiger partial charge in [-0.25, -0.2) is 0 Å². The monoisotopic (exact) mass is 541 g/mol. The molecule has 1 aliphatic heterocycles. The molecule has 1 saturated heterocycles. The first-order valence-electron chi connectivity index (χ1n) is 11.4. The third-order valence-electron chi connectivity index (χ3n) is 6.25. The van der Waals surface area contributed by atoms with Gasteiger partial charge in [0.1, 0.15) is 6.07 Å². The summed E-state index contributed by atoms with van der Waals surface area (Å²) in [4.78, 5) is 16.4. The van der Waals surface area contributed by atoms with Crippen LogP contribution in [0.4, 0.5) is 5.69 Å². The van der Waals surface area contributed by atoms with Crippen LogP contribution in [0, 0.1) is 17.2 Å². The lowest BCUT2D eigenvalue weighted by molar-refractivity contribution is -0.129. The first-order valence-corrected chi connectivity index (χ1v) is 13.1. The number of anilines is 1. The smallest absolute Gasteiger partial charge is 0.262 e. The number of benzene rings is 2. The van der Waals surface area contributed by atoms with Crippen molar-refractivity contribution < 1.29 is 14.3 Å². The number of carbonyl (C=O) groups excluding carboxylic acids is 1. The first-order chi connectivity index (χ1) is 16.5. The van der Waals surface area contributed by atoms with Gasteiger partial charge in [0, 0.05) is 11.7 Å². The molecule has 1 unspecified atom stereocenters. The van der Waals surface area contributed by atoms with Crippen LogP contribution in [0.2, 0.25) is 0 Å². The van der Waals surface area contributed by atoms with Crippen molar-refractivity contribution in [1.29, 1.82) is 5.26 Å². The molecule has 1 saturated carbocycles. The van der Waals surface area contributed by atoms with Crippen molar-refractivity contribution in [2.45, 2.75) is 44.1 Å². The number of halogens is 1. The number of hydrogen-bond donors (Lipinski definition) is 1. The molecule has 6 nitrogen and oxygen atoms in total. The first kappa shape index (κ1) is 24.5. The minimum Gasteiger partial charge on any atom is -0.493 e. The Kier molecular flexibility index (Phi) is 8.07. The van der Waals surface area contributed by atoms with Crippen molar-refractivity contribution in [1.82, 2.24) is 4.90 Å². The van der Waals surface area contributed by atoms with Crippen molar-refractivity contribution >= 4 is 45.4 Å². The normalized spacial score (nSPS) is 23.6. The molecule has 0 spiro atoms. The van der Waals surface area contributed by atoms with Gasteiger partial charge in [-0.1, -0.05) is 49.7 Å². The second-order valence-electron chi connectivity index (χ2n) is 8.51. The van der Waals surface area contributed by atoms with Crippen molar-refractivity contribution in [3.8, 4) is 17.6 Å². The largest absolute Gasteiger partial charge is 0.493 e. The van der Waals surface area contributed by atoms with E-state index in [2.05, 4.69) is 28.2 Å². The summed E-state index contributed by atoms with van der Waals surface area (Å²) in [7, 11) is 1.55. The lowest BCUT2D eigenvalue weighted by Gasteiger charge is -2.39. The van der Waals surface area contributed by atoms with Gasteiger partial charge in [-0.15, -0.1) is 0 Å². The summed E-state index contributed by atoms with van der Waals surface area (Å²) >= 11 is 5.06. The van der Waals surface area contributed by atoms with Crippen molar-refractivity contribution in [3.05, 3.63) is 57.4 Å². The maximum Gasteiger partial charge on any atom is 0.262 e. The fourth-order valence-electron chi connectivity index (χ4n) is 4.59. The number of ether oxygens (including phenoxy) is 2. The van der Waals surface area contributed by atoms with Crippen LogP contribution in [0.5, 0.6) is 11.5 Å². The zero-order valence-corrected chi connectivity index (χ0v) is 21.7. The highest BCUT2D eigenvalue weighted by Crippen LogP contribution is 2.43. The molecule has 0 aromatic heterocycles. The minimum atomic E-state index is -0.171. The Morgan fingerprint density at radius 3 is 2.74 bits per heavy atom. The molecule has 2 aliphatic rings. The van der Waals surface area contributed by atoms with E-state index in [1.807, 2.05) is 59.5 Å². The molecule has 2 fully saturated rings. The number of nitriles is 1. The van der Waals surface area contributed by atoms with Crippen molar-refractivity contribution in [2.75, 3.05) is 19.0 Å². The van der Waals surface area contributed by atoms with Crippen LogP contribution >= 0.6 is 27.7 Å². The summed E-state index contributed by atoms with van der Waals surface area (Å²) in [6, 6.07) is 15.9. The molecule has 1 amide bonds. The third-order valence-corrected chi connectivity index (χ3v) is 7.96. The van der Waals surface area contributed by atoms with Gasteiger partial charge in [0.2, 0.25) is 0 Å².